The first-order valence-corrected chi connectivity index (χ1v) is 11.7. The van der Waals surface area contributed by atoms with Crippen molar-refractivity contribution < 1.29 is 14.3 Å². The predicted octanol–water partition coefficient (Wildman–Crippen LogP) is 6.51. The van der Waals surface area contributed by atoms with E-state index >= 15 is 0 Å². The zero-order chi connectivity index (χ0) is 22.9. The van der Waals surface area contributed by atoms with E-state index in [1.165, 1.54) is 11.5 Å². The number of para-hydroxylation sites is 2. The molecule has 7 heteroatoms. The number of rotatable bonds is 3. The van der Waals surface area contributed by atoms with Crippen molar-refractivity contribution in [1.82, 2.24) is 3.96 Å². The number of aromatic nitrogens is 1. The number of ether oxygens (including phenoxy) is 1. The van der Waals surface area contributed by atoms with Crippen LogP contribution in [0, 0.1) is 4.64 Å². The third kappa shape index (κ3) is 2.79. The van der Waals surface area contributed by atoms with Gasteiger partial charge in [-0.15, -0.1) is 0 Å². The molecule has 1 aromatic heterocycles. The van der Waals surface area contributed by atoms with Gasteiger partial charge in [-0.3, -0.25) is 18.4 Å². The van der Waals surface area contributed by atoms with Crippen LogP contribution in [0.25, 0.3) is 16.8 Å². The Morgan fingerprint density at radius 1 is 0.848 bits per heavy atom. The largest absolute Gasteiger partial charge is 0.457 e. The van der Waals surface area contributed by atoms with Crippen molar-refractivity contribution in [3.63, 3.8) is 0 Å². The molecule has 3 heterocycles. The van der Waals surface area contributed by atoms with E-state index in [4.69, 9.17) is 17.0 Å². The average Bonchev–Trinajstić information content (AvgIpc) is 3.30. The minimum atomic E-state index is -0.693. The summed E-state index contributed by atoms with van der Waals surface area (Å²) in [6.07, 6.45) is 0. The van der Waals surface area contributed by atoms with E-state index < -0.39 is 17.2 Å². The maximum atomic E-state index is 12.9. The first-order valence-electron chi connectivity index (χ1n) is 10.5. The first-order chi connectivity index (χ1) is 15.9. The van der Waals surface area contributed by atoms with E-state index in [1.54, 1.807) is 11.0 Å². The van der Waals surface area contributed by atoms with Gasteiger partial charge in [0, 0.05) is 11.1 Å². The first kappa shape index (κ1) is 20.1. The van der Waals surface area contributed by atoms with Gasteiger partial charge >= 0.3 is 0 Å². The van der Waals surface area contributed by atoms with Gasteiger partial charge in [-0.1, -0.05) is 54.1 Å². The number of Topliss-reactive ketones (excluding diaryl/α,β-unsaturated/α-hetero) is 1. The summed E-state index contributed by atoms with van der Waals surface area (Å²) in [4.78, 5) is 28.1. The monoisotopic (exact) mass is 470 g/mol. The van der Waals surface area contributed by atoms with Crippen molar-refractivity contribution >= 4 is 41.1 Å². The summed E-state index contributed by atoms with van der Waals surface area (Å²) >= 11 is 7.43. The fourth-order valence-electron chi connectivity index (χ4n) is 4.60. The summed E-state index contributed by atoms with van der Waals surface area (Å²) in [7, 11) is 0. The summed E-state index contributed by atoms with van der Waals surface area (Å²) in [5.41, 5.74) is 3.10. The lowest BCUT2D eigenvalue weighted by Gasteiger charge is -2.39. The second-order valence-corrected chi connectivity index (χ2v) is 9.88. The molecule has 1 amide bonds. The quantitative estimate of drug-likeness (QED) is 0.253. The van der Waals surface area contributed by atoms with Gasteiger partial charge in [0.05, 0.1) is 27.4 Å². The predicted molar refractivity (Wildman–Crippen MR) is 131 cm³/mol. The van der Waals surface area contributed by atoms with Crippen LogP contribution >= 0.6 is 23.8 Å². The molecule has 0 unspecified atom stereocenters. The highest BCUT2D eigenvalue weighted by Gasteiger charge is 2.51. The van der Waals surface area contributed by atoms with E-state index in [2.05, 4.69) is 0 Å². The maximum Gasteiger partial charge on any atom is 0.300 e. The van der Waals surface area contributed by atoms with E-state index in [0.29, 0.717) is 15.9 Å². The van der Waals surface area contributed by atoms with Crippen molar-refractivity contribution in [1.29, 1.82) is 0 Å². The van der Waals surface area contributed by atoms with Gasteiger partial charge in [0.15, 0.2) is 0 Å². The molecule has 0 aliphatic carbocycles. The summed E-state index contributed by atoms with van der Waals surface area (Å²) < 4.78 is 8.58. The molecule has 4 aromatic rings. The number of anilines is 1. The molecule has 0 atom stereocenters. The lowest BCUT2D eigenvalue weighted by atomic mass is 9.88. The molecule has 0 fully saturated rings. The van der Waals surface area contributed by atoms with Crippen LogP contribution in [0.15, 0.2) is 72.8 Å². The third-order valence-corrected chi connectivity index (χ3v) is 8.11. The summed E-state index contributed by atoms with van der Waals surface area (Å²) in [5.74, 6) is 0.568. The van der Waals surface area contributed by atoms with Crippen molar-refractivity contribution in [2.75, 3.05) is 4.90 Å². The van der Waals surface area contributed by atoms with Crippen molar-refractivity contribution in [2.45, 2.75) is 19.4 Å². The average molecular weight is 471 g/mol. The number of nitrogens with zero attached hydrogens (tertiary/aromatic N) is 2. The molecule has 33 heavy (non-hydrogen) atoms. The number of hydrogen-bond donors (Lipinski definition) is 0. The second-order valence-electron chi connectivity index (χ2n) is 8.53. The van der Waals surface area contributed by atoms with Crippen LogP contribution in [0.3, 0.4) is 0 Å². The molecule has 6 rings (SSSR count). The van der Waals surface area contributed by atoms with E-state index in [1.807, 2.05) is 84.5 Å². The zero-order valence-electron chi connectivity index (χ0n) is 17.9. The highest BCUT2D eigenvalue weighted by atomic mass is 32.1. The Labute approximate surface area is 199 Å². The number of amides is 1. The van der Waals surface area contributed by atoms with Crippen LogP contribution in [0.5, 0.6) is 11.5 Å². The van der Waals surface area contributed by atoms with E-state index in [9.17, 15) is 9.59 Å². The minimum absolute atomic E-state index is 0.450. The van der Waals surface area contributed by atoms with E-state index in [0.717, 1.165) is 33.2 Å². The molecular formula is C26H18N2O3S2. The van der Waals surface area contributed by atoms with Crippen LogP contribution in [0.4, 0.5) is 5.69 Å². The zero-order valence-corrected chi connectivity index (χ0v) is 19.5. The molecular weight excluding hydrogens is 452 g/mol. The normalized spacial score (nSPS) is 15.4. The Kier molecular flexibility index (Phi) is 4.24. The molecule has 0 saturated carbocycles. The Hall–Kier alpha value is -3.55. The minimum Gasteiger partial charge on any atom is -0.457 e. The number of carbonyl (C=O) groups is 2. The summed E-state index contributed by atoms with van der Waals surface area (Å²) in [5, 5.41) is 0. The number of ketones is 1. The smallest absolute Gasteiger partial charge is 0.300 e. The molecule has 0 spiro atoms. The van der Waals surface area contributed by atoms with Crippen LogP contribution in [-0.4, -0.2) is 15.6 Å². The molecule has 0 N–H and O–H groups in total. The van der Waals surface area contributed by atoms with E-state index in [-0.39, 0.29) is 0 Å². The van der Waals surface area contributed by atoms with Gasteiger partial charge in [-0.05, 0) is 56.3 Å². The maximum absolute atomic E-state index is 12.9. The lowest BCUT2D eigenvalue weighted by molar-refractivity contribution is -0.115. The summed E-state index contributed by atoms with van der Waals surface area (Å²) in [6, 6.07) is 22.9. The number of fused-ring (bicyclic) bond motifs is 2. The lowest BCUT2D eigenvalue weighted by Crippen LogP contribution is -2.46. The molecule has 2 aliphatic heterocycles. The van der Waals surface area contributed by atoms with Gasteiger partial charge in [-0.25, -0.2) is 0 Å². The molecule has 3 aromatic carbocycles. The highest BCUT2D eigenvalue weighted by Crippen LogP contribution is 2.54. The molecule has 0 saturated heterocycles. The Bertz CT molecular complexity index is 1520. The second kappa shape index (κ2) is 6.97. The summed E-state index contributed by atoms with van der Waals surface area (Å²) in [6.45, 7) is 3.93. The number of hydrogen-bond acceptors (Lipinski definition) is 5. The third-order valence-electron chi connectivity index (χ3n) is 6.14. The van der Waals surface area contributed by atoms with Crippen LogP contribution in [0.1, 0.15) is 29.1 Å². The molecule has 162 valence electrons. The topological polar surface area (TPSA) is 51.5 Å². The van der Waals surface area contributed by atoms with Gasteiger partial charge in [0.2, 0.25) is 0 Å². The highest BCUT2D eigenvalue weighted by molar-refractivity contribution is 7.71. The van der Waals surface area contributed by atoms with Crippen LogP contribution < -0.4 is 9.64 Å². The van der Waals surface area contributed by atoms with Gasteiger partial charge in [0.25, 0.3) is 11.7 Å². The van der Waals surface area contributed by atoms with Crippen LogP contribution in [-0.2, 0) is 10.3 Å². The Morgan fingerprint density at radius 3 is 2.24 bits per heavy atom. The molecule has 2 aliphatic rings. The van der Waals surface area contributed by atoms with Crippen molar-refractivity contribution in [3.05, 3.63) is 87.9 Å². The number of benzene rings is 3. The fourth-order valence-corrected chi connectivity index (χ4v) is 6.29. The standard InChI is InChI=1S/C26H18N2O3S2/c1-26(2)23-20(18-9-6-10-19-21(18)27(26)24(30)22(19)29)25(32)28(33-23)15-11-13-17(14-12-15)31-16-7-4-3-5-8-16/h3-14H,1-2H3. The fraction of sp³-hybridized carbons (Fsp3) is 0.115. The SMILES string of the molecule is CC1(C)c2sn(-c3ccc(Oc4ccccc4)cc3)c(=S)c2-c2cccc3c2N1C(=O)C3=O. The Morgan fingerprint density at radius 2 is 1.52 bits per heavy atom. The van der Waals surface area contributed by atoms with Gasteiger partial charge in [-0.2, -0.15) is 0 Å². The Balaban J connectivity index is 1.47. The van der Waals surface area contributed by atoms with Crippen LogP contribution in [0.2, 0.25) is 0 Å². The van der Waals surface area contributed by atoms with Crippen molar-refractivity contribution in [3.8, 4) is 28.3 Å². The number of carbonyl (C=O) groups excluding carboxylic acids is 2. The van der Waals surface area contributed by atoms with Gasteiger partial charge < -0.3 is 4.74 Å². The van der Waals surface area contributed by atoms with Crippen molar-refractivity contribution in [2.24, 2.45) is 0 Å². The molecule has 5 nitrogen and oxygen atoms in total. The van der Waals surface area contributed by atoms with Gasteiger partial charge in [0.1, 0.15) is 16.1 Å². The molecule has 0 radical (unpaired) electrons. The molecule has 0 bridgehead atoms.